The first-order valence-electron chi connectivity index (χ1n) is 5.40. The van der Waals surface area contributed by atoms with Crippen molar-refractivity contribution in [2.45, 2.75) is 25.9 Å². The molecule has 0 saturated carbocycles. The van der Waals surface area contributed by atoms with Gasteiger partial charge in [-0.1, -0.05) is 0 Å². The molecule has 0 bridgehead atoms. The number of alkyl halides is 5. The van der Waals surface area contributed by atoms with Crippen LogP contribution in [-0.2, 0) is 22.1 Å². The second-order valence-corrected chi connectivity index (χ2v) is 3.66. The Bertz CT molecular complexity index is 502. The fourth-order valence-electron chi connectivity index (χ4n) is 1.56. The van der Waals surface area contributed by atoms with Gasteiger partial charge < -0.3 is 9.84 Å². The molecule has 0 radical (unpaired) electrons. The van der Waals surface area contributed by atoms with Gasteiger partial charge >= 0.3 is 12.1 Å². The van der Waals surface area contributed by atoms with Crippen LogP contribution in [0, 0.1) is 0 Å². The third-order valence-electron chi connectivity index (χ3n) is 2.32. The number of carbonyl (C=O) groups excluding carboxylic acids is 1. The zero-order valence-electron chi connectivity index (χ0n) is 10.2. The summed E-state index contributed by atoms with van der Waals surface area (Å²) < 4.78 is 68.0. The monoisotopic (exact) mass is 299 g/mol. The number of hydrogen-bond donors (Lipinski definition) is 1. The third-order valence-corrected chi connectivity index (χ3v) is 2.32. The molecule has 112 valence electrons. The standard InChI is InChI=1S/C11H10F5NO3/c1-2-20-7(19)3-5-6(18)4-17-9(11(14,15)16)8(5)10(12)13/h4,10,18H,2-3H2,1H3. The van der Waals surface area contributed by atoms with Crippen LogP contribution in [0.15, 0.2) is 6.20 Å². The molecule has 0 aliphatic heterocycles. The lowest BCUT2D eigenvalue weighted by Gasteiger charge is -2.16. The molecule has 0 spiro atoms. The molecule has 0 atom stereocenters. The highest BCUT2D eigenvalue weighted by molar-refractivity contribution is 5.74. The number of pyridine rings is 1. The van der Waals surface area contributed by atoms with Crippen molar-refractivity contribution in [2.75, 3.05) is 6.61 Å². The van der Waals surface area contributed by atoms with E-state index < -0.39 is 47.6 Å². The van der Waals surface area contributed by atoms with Crippen molar-refractivity contribution in [3.63, 3.8) is 0 Å². The minimum atomic E-state index is -5.12. The van der Waals surface area contributed by atoms with Gasteiger partial charge in [0.05, 0.1) is 24.8 Å². The first-order chi connectivity index (χ1) is 9.18. The number of esters is 1. The van der Waals surface area contributed by atoms with E-state index in [0.29, 0.717) is 6.20 Å². The predicted octanol–water partition coefficient (Wildman–Crippen LogP) is 2.85. The summed E-state index contributed by atoms with van der Waals surface area (Å²) in [6.07, 6.45) is -9.19. The largest absolute Gasteiger partial charge is 0.506 e. The van der Waals surface area contributed by atoms with Crippen LogP contribution in [0.25, 0.3) is 0 Å². The van der Waals surface area contributed by atoms with Crippen molar-refractivity contribution in [1.29, 1.82) is 0 Å². The molecule has 0 aromatic carbocycles. The van der Waals surface area contributed by atoms with Gasteiger partial charge in [-0.2, -0.15) is 13.2 Å². The van der Waals surface area contributed by atoms with Gasteiger partial charge in [-0.3, -0.25) is 4.79 Å². The van der Waals surface area contributed by atoms with Gasteiger partial charge in [-0.05, 0) is 6.92 Å². The average Bonchev–Trinajstić information content (AvgIpc) is 2.29. The molecule has 0 amide bonds. The van der Waals surface area contributed by atoms with Crippen molar-refractivity contribution >= 4 is 5.97 Å². The Morgan fingerprint density at radius 3 is 2.50 bits per heavy atom. The van der Waals surface area contributed by atoms with E-state index in [1.807, 2.05) is 0 Å². The Balaban J connectivity index is 3.37. The van der Waals surface area contributed by atoms with Crippen LogP contribution in [0.3, 0.4) is 0 Å². The summed E-state index contributed by atoms with van der Waals surface area (Å²) >= 11 is 0. The normalized spacial score (nSPS) is 11.8. The lowest BCUT2D eigenvalue weighted by Crippen LogP contribution is -2.17. The van der Waals surface area contributed by atoms with Crippen molar-refractivity contribution < 1.29 is 36.6 Å². The molecule has 0 saturated heterocycles. The SMILES string of the molecule is CCOC(=O)Cc1c(O)cnc(C(F)(F)F)c1C(F)F. The molecule has 9 heteroatoms. The Morgan fingerprint density at radius 2 is 2.05 bits per heavy atom. The molecule has 0 fully saturated rings. The van der Waals surface area contributed by atoms with E-state index in [2.05, 4.69) is 9.72 Å². The van der Waals surface area contributed by atoms with Crippen LogP contribution in [0.2, 0.25) is 0 Å². The summed E-state index contributed by atoms with van der Waals surface area (Å²) in [5.41, 5.74) is -4.17. The number of aromatic nitrogens is 1. The van der Waals surface area contributed by atoms with Gasteiger partial charge in [-0.15, -0.1) is 0 Å². The molecule has 1 N–H and O–H groups in total. The minimum Gasteiger partial charge on any atom is -0.506 e. The van der Waals surface area contributed by atoms with Gasteiger partial charge in [0.2, 0.25) is 0 Å². The molecule has 0 unspecified atom stereocenters. The highest BCUT2D eigenvalue weighted by Crippen LogP contribution is 2.39. The van der Waals surface area contributed by atoms with Crippen LogP contribution < -0.4 is 0 Å². The second kappa shape index (κ2) is 6.02. The molecule has 1 aromatic heterocycles. The fourth-order valence-corrected chi connectivity index (χ4v) is 1.56. The van der Waals surface area contributed by atoms with Gasteiger partial charge in [-0.25, -0.2) is 13.8 Å². The summed E-state index contributed by atoms with van der Waals surface area (Å²) in [7, 11) is 0. The van der Waals surface area contributed by atoms with Crippen LogP contribution in [0.4, 0.5) is 22.0 Å². The fraction of sp³-hybridized carbons (Fsp3) is 0.455. The van der Waals surface area contributed by atoms with E-state index in [1.54, 1.807) is 0 Å². The highest BCUT2D eigenvalue weighted by atomic mass is 19.4. The number of halogens is 5. The summed E-state index contributed by atoms with van der Waals surface area (Å²) in [6, 6.07) is 0. The van der Waals surface area contributed by atoms with E-state index in [9.17, 15) is 31.9 Å². The molecule has 0 aliphatic carbocycles. The second-order valence-electron chi connectivity index (χ2n) is 3.66. The zero-order chi connectivity index (χ0) is 15.5. The zero-order valence-corrected chi connectivity index (χ0v) is 10.2. The maximum Gasteiger partial charge on any atom is 0.433 e. The van der Waals surface area contributed by atoms with Crippen molar-refractivity contribution in [1.82, 2.24) is 4.98 Å². The Hall–Kier alpha value is -1.93. The Labute approximate surface area is 110 Å². The maximum atomic E-state index is 12.8. The smallest absolute Gasteiger partial charge is 0.433 e. The lowest BCUT2D eigenvalue weighted by molar-refractivity contribution is -0.144. The highest BCUT2D eigenvalue weighted by Gasteiger charge is 2.40. The number of rotatable bonds is 4. The summed E-state index contributed by atoms with van der Waals surface area (Å²) in [5.74, 6) is -1.94. The summed E-state index contributed by atoms with van der Waals surface area (Å²) in [6.45, 7) is 1.38. The third kappa shape index (κ3) is 3.55. The molecular formula is C11H10F5NO3. The lowest BCUT2D eigenvalue weighted by atomic mass is 10.0. The Morgan fingerprint density at radius 1 is 1.45 bits per heavy atom. The van der Waals surface area contributed by atoms with Gasteiger partial charge in [0.1, 0.15) is 5.75 Å². The van der Waals surface area contributed by atoms with E-state index >= 15 is 0 Å². The number of aromatic hydroxyl groups is 1. The molecule has 1 heterocycles. The van der Waals surface area contributed by atoms with E-state index in [-0.39, 0.29) is 6.61 Å². The van der Waals surface area contributed by atoms with E-state index in [1.165, 1.54) is 6.92 Å². The first kappa shape index (κ1) is 16.1. The van der Waals surface area contributed by atoms with Crippen LogP contribution >= 0.6 is 0 Å². The van der Waals surface area contributed by atoms with Gasteiger partial charge in [0.25, 0.3) is 6.43 Å². The van der Waals surface area contributed by atoms with Crippen molar-refractivity contribution in [2.24, 2.45) is 0 Å². The van der Waals surface area contributed by atoms with Crippen LogP contribution in [-0.4, -0.2) is 22.7 Å². The molecule has 0 aliphatic rings. The van der Waals surface area contributed by atoms with Crippen molar-refractivity contribution in [3.8, 4) is 5.75 Å². The van der Waals surface area contributed by atoms with Crippen LogP contribution in [0.1, 0.15) is 30.2 Å². The predicted molar refractivity (Wildman–Crippen MR) is 56.2 cm³/mol. The molecule has 1 rings (SSSR count). The van der Waals surface area contributed by atoms with E-state index in [0.717, 1.165) is 0 Å². The van der Waals surface area contributed by atoms with E-state index in [4.69, 9.17) is 0 Å². The van der Waals surface area contributed by atoms with Crippen LogP contribution in [0.5, 0.6) is 5.75 Å². The topological polar surface area (TPSA) is 59.4 Å². The molecule has 1 aromatic rings. The summed E-state index contributed by atoms with van der Waals surface area (Å²) in [5, 5.41) is 9.38. The molecule has 20 heavy (non-hydrogen) atoms. The Kier molecular flexibility index (Phi) is 4.85. The van der Waals surface area contributed by atoms with Gasteiger partial charge in [0, 0.05) is 5.56 Å². The molecule has 4 nitrogen and oxygen atoms in total. The number of carbonyl (C=O) groups is 1. The quantitative estimate of drug-likeness (QED) is 0.686. The maximum absolute atomic E-state index is 12.8. The number of hydrogen-bond acceptors (Lipinski definition) is 4. The number of ether oxygens (including phenoxy) is 1. The minimum absolute atomic E-state index is 0.0686. The van der Waals surface area contributed by atoms with Crippen molar-refractivity contribution in [3.05, 3.63) is 23.0 Å². The summed E-state index contributed by atoms with van der Waals surface area (Å²) in [4.78, 5) is 14.0. The number of nitrogens with zero attached hydrogens (tertiary/aromatic N) is 1. The first-order valence-corrected chi connectivity index (χ1v) is 5.40. The molecular weight excluding hydrogens is 289 g/mol. The average molecular weight is 299 g/mol. The van der Waals surface area contributed by atoms with Gasteiger partial charge in [0.15, 0.2) is 5.69 Å².